The van der Waals surface area contributed by atoms with Crippen LogP contribution in [0.5, 0.6) is 5.75 Å². The van der Waals surface area contributed by atoms with Crippen molar-refractivity contribution in [2.45, 2.75) is 12.5 Å². The van der Waals surface area contributed by atoms with E-state index < -0.39 is 0 Å². The molecular formula is C15H14BO4. The topological polar surface area (TPSA) is 66.8 Å². The highest BCUT2D eigenvalue weighted by Gasteiger charge is 2.26. The standard InChI is InChI=1S/C15H12O2.BH2O2/c16-13-10-15(11-6-2-1-3-7-11)17-14-9-5-4-8-12(13)14;2-1-3/h1-9,15H,10H2;2-3H. The molecule has 20 heavy (non-hydrogen) atoms. The predicted octanol–water partition coefficient (Wildman–Crippen LogP) is 1.90. The minimum Gasteiger partial charge on any atom is -0.484 e. The van der Waals surface area contributed by atoms with Gasteiger partial charge in [0, 0.05) is 0 Å². The van der Waals surface area contributed by atoms with Gasteiger partial charge in [0.15, 0.2) is 5.78 Å². The maximum absolute atomic E-state index is 12.0. The van der Waals surface area contributed by atoms with Crippen molar-refractivity contribution in [1.82, 2.24) is 0 Å². The van der Waals surface area contributed by atoms with Crippen LogP contribution in [0.1, 0.15) is 28.4 Å². The molecule has 0 amide bonds. The number of hydrogen-bond acceptors (Lipinski definition) is 4. The number of fused-ring (bicyclic) bond motifs is 1. The molecule has 0 spiro atoms. The monoisotopic (exact) mass is 269 g/mol. The lowest BCUT2D eigenvalue weighted by Crippen LogP contribution is -2.20. The molecular weight excluding hydrogens is 255 g/mol. The number of carbonyl (C=O) groups excluding carboxylic acids is 1. The normalized spacial score (nSPS) is 16.3. The molecule has 0 aliphatic carbocycles. The Bertz CT molecular complexity index is 571. The predicted molar refractivity (Wildman–Crippen MR) is 75.4 cm³/mol. The van der Waals surface area contributed by atoms with E-state index >= 15 is 0 Å². The average molecular weight is 269 g/mol. The molecule has 3 rings (SSSR count). The Balaban J connectivity index is 0.000000452. The molecule has 2 aromatic rings. The fourth-order valence-electron chi connectivity index (χ4n) is 2.13. The van der Waals surface area contributed by atoms with Crippen LogP contribution in [0, 0.1) is 0 Å². The van der Waals surface area contributed by atoms with Crippen LogP contribution in [0.25, 0.3) is 0 Å². The summed E-state index contributed by atoms with van der Waals surface area (Å²) in [7, 11) is 0. The number of hydrogen-bond donors (Lipinski definition) is 2. The van der Waals surface area contributed by atoms with Crippen LogP contribution in [0.4, 0.5) is 0 Å². The molecule has 0 bridgehead atoms. The molecule has 2 aromatic carbocycles. The zero-order valence-corrected chi connectivity index (χ0v) is 10.8. The van der Waals surface area contributed by atoms with E-state index in [0.29, 0.717) is 17.7 Å². The van der Waals surface area contributed by atoms with E-state index in [1.807, 2.05) is 54.6 Å². The number of para-hydroxylation sites is 1. The van der Waals surface area contributed by atoms with Crippen molar-refractivity contribution >= 4 is 13.5 Å². The summed E-state index contributed by atoms with van der Waals surface area (Å²) in [5.41, 5.74) is 1.75. The lowest BCUT2D eigenvalue weighted by Gasteiger charge is -2.25. The first-order chi connectivity index (χ1) is 9.76. The molecule has 0 aromatic heterocycles. The third-order valence-corrected chi connectivity index (χ3v) is 3.00. The second-order valence-corrected chi connectivity index (χ2v) is 4.26. The van der Waals surface area contributed by atoms with Gasteiger partial charge in [-0.15, -0.1) is 0 Å². The van der Waals surface area contributed by atoms with Crippen LogP contribution in [-0.2, 0) is 0 Å². The maximum Gasteiger partial charge on any atom is 0.482 e. The maximum atomic E-state index is 12.0. The van der Waals surface area contributed by atoms with Crippen LogP contribution >= 0.6 is 0 Å². The molecule has 1 radical (unpaired) electrons. The van der Waals surface area contributed by atoms with Crippen molar-refractivity contribution in [3.63, 3.8) is 0 Å². The van der Waals surface area contributed by atoms with E-state index in [1.54, 1.807) is 0 Å². The second-order valence-electron chi connectivity index (χ2n) is 4.26. The molecule has 1 unspecified atom stereocenters. The lowest BCUT2D eigenvalue weighted by molar-refractivity contribution is 0.0850. The summed E-state index contributed by atoms with van der Waals surface area (Å²) in [6.45, 7) is 0. The molecule has 1 heterocycles. The molecule has 0 fully saturated rings. The van der Waals surface area contributed by atoms with Gasteiger partial charge in [-0.1, -0.05) is 42.5 Å². The highest BCUT2D eigenvalue weighted by Crippen LogP contribution is 2.34. The van der Waals surface area contributed by atoms with Crippen molar-refractivity contribution in [3.8, 4) is 5.75 Å². The lowest BCUT2D eigenvalue weighted by atomic mass is 9.96. The quantitative estimate of drug-likeness (QED) is 0.776. The van der Waals surface area contributed by atoms with Crippen molar-refractivity contribution in [2.24, 2.45) is 0 Å². The van der Waals surface area contributed by atoms with E-state index in [-0.39, 0.29) is 19.6 Å². The van der Waals surface area contributed by atoms with E-state index in [2.05, 4.69) is 0 Å². The summed E-state index contributed by atoms with van der Waals surface area (Å²) in [6, 6.07) is 17.3. The number of rotatable bonds is 1. The Morgan fingerprint density at radius 3 is 2.30 bits per heavy atom. The Hall–Kier alpha value is -2.11. The Kier molecular flexibility index (Phi) is 4.93. The SMILES string of the molecule is O=C1CC(c2ccccc2)Oc2ccccc21.O[B]O. The van der Waals surface area contributed by atoms with Gasteiger partial charge in [0.25, 0.3) is 0 Å². The molecule has 1 aliphatic heterocycles. The summed E-state index contributed by atoms with van der Waals surface area (Å²) in [6.07, 6.45) is 0.264. The van der Waals surface area contributed by atoms with Gasteiger partial charge in [0.1, 0.15) is 11.9 Å². The Morgan fingerprint density at radius 2 is 1.60 bits per heavy atom. The molecule has 0 saturated heterocycles. The average Bonchev–Trinajstić information content (AvgIpc) is 2.49. The van der Waals surface area contributed by atoms with Gasteiger partial charge < -0.3 is 14.8 Å². The highest BCUT2D eigenvalue weighted by molar-refractivity contribution is 6.13. The molecule has 1 aliphatic rings. The third-order valence-electron chi connectivity index (χ3n) is 3.00. The van der Waals surface area contributed by atoms with E-state index in [9.17, 15) is 4.79 Å². The summed E-state index contributed by atoms with van der Waals surface area (Å²) >= 11 is 0. The molecule has 0 saturated carbocycles. The first-order valence-electron chi connectivity index (χ1n) is 6.20. The third kappa shape index (κ3) is 3.26. The van der Waals surface area contributed by atoms with Crippen molar-refractivity contribution in [2.75, 3.05) is 0 Å². The fourth-order valence-corrected chi connectivity index (χ4v) is 2.13. The first kappa shape index (κ1) is 14.3. The largest absolute Gasteiger partial charge is 0.484 e. The van der Waals surface area contributed by atoms with Crippen molar-refractivity contribution in [1.29, 1.82) is 0 Å². The fraction of sp³-hybridized carbons (Fsp3) is 0.133. The number of Topliss-reactive ketones (excluding diaryl/α,β-unsaturated/α-hetero) is 1. The number of ether oxygens (including phenoxy) is 1. The van der Waals surface area contributed by atoms with E-state index in [4.69, 9.17) is 14.8 Å². The zero-order chi connectivity index (χ0) is 14.4. The van der Waals surface area contributed by atoms with Gasteiger partial charge in [-0.05, 0) is 17.7 Å². The highest BCUT2D eigenvalue weighted by atomic mass is 16.5. The summed E-state index contributed by atoms with van der Waals surface area (Å²) in [5.74, 6) is 0.846. The van der Waals surface area contributed by atoms with Crippen LogP contribution < -0.4 is 4.74 Å². The minimum atomic E-state index is -0.154. The smallest absolute Gasteiger partial charge is 0.482 e. The summed E-state index contributed by atoms with van der Waals surface area (Å²) in [4.78, 5) is 12.0. The number of carbonyl (C=O) groups is 1. The van der Waals surface area contributed by atoms with Crippen LogP contribution in [0.2, 0.25) is 0 Å². The van der Waals surface area contributed by atoms with Gasteiger partial charge >= 0.3 is 7.69 Å². The molecule has 2 N–H and O–H groups in total. The van der Waals surface area contributed by atoms with Gasteiger partial charge in [-0.25, -0.2) is 0 Å². The van der Waals surface area contributed by atoms with Gasteiger partial charge in [-0.2, -0.15) is 0 Å². The molecule has 1 atom stereocenters. The number of ketones is 1. The van der Waals surface area contributed by atoms with Crippen LogP contribution in [0.3, 0.4) is 0 Å². The number of benzene rings is 2. The molecule has 4 nitrogen and oxygen atoms in total. The van der Waals surface area contributed by atoms with Crippen molar-refractivity contribution in [3.05, 3.63) is 65.7 Å². The van der Waals surface area contributed by atoms with Crippen LogP contribution in [0.15, 0.2) is 54.6 Å². The van der Waals surface area contributed by atoms with Crippen LogP contribution in [-0.4, -0.2) is 23.5 Å². The zero-order valence-electron chi connectivity index (χ0n) is 10.8. The second kappa shape index (κ2) is 6.89. The molecule has 101 valence electrons. The Morgan fingerprint density at radius 1 is 1.00 bits per heavy atom. The minimum absolute atomic E-state index is 0. The van der Waals surface area contributed by atoms with E-state index in [1.165, 1.54) is 0 Å². The van der Waals surface area contributed by atoms with Gasteiger partial charge in [-0.3, -0.25) is 4.79 Å². The van der Waals surface area contributed by atoms with Gasteiger partial charge in [0.2, 0.25) is 0 Å². The first-order valence-corrected chi connectivity index (χ1v) is 6.20. The molecule has 5 heteroatoms. The summed E-state index contributed by atoms with van der Waals surface area (Å²) in [5, 5.41) is 14.0. The summed E-state index contributed by atoms with van der Waals surface area (Å²) < 4.78 is 5.87. The Labute approximate surface area is 118 Å². The van der Waals surface area contributed by atoms with E-state index in [0.717, 1.165) is 5.56 Å². The van der Waals surface area contributed by atoms with Crippen molar-refractivity contribution < 1.29 is 19.6 Å². The van der Waals surface area contributed by atoms with Gasteiger partial charge in [0.05, 0.1) is 12.0 Å².